The second-order valence-electron chi connectivity index (χ2n) is 6.17. The van der Waals surface area contributed by atoms with E-state index in [4.69, 9.17) is 9.47 Å². The minimum absolute atomic E-state index is 0.0403. The maximum atomic E-state index is 5.55. The van der Waals surface area contributed by atoms with Crippen molar-refractivity contribution in [2.24, 2.45) is 11.3 Å². The summed E-state index contributed by atoms with van der Waals surface area (Å²) in [6.45, 7) is 12.5. The standard InChI is InChI=1S/C18H32O2/c1-6-19-17(20-7-2)12-10-8-9-11-16-14-13-15(3)18(16,4)5/h8-9,13,16-17H,6-7,10-12,14H2,1-5H3. The average molecular weight is 280 g/mol. The molecule has 0 fully saturated rings. The molecule has 1 aliphatic carbocycles. The third-order valence-electron chi connectivity index (χ3n) is 4.61. The number of allylic oxidation sites excluding steroid dienone is 4. The van der Waals surface area contributed by atoms with Gasteiger partial charge in [-0.15, -0.1) is 0 Å². The van der Waals surface area contributed by atoms with Gasteiger partial charge in [-0.25, -0.2) is 0 Å². The molecule has 2 heteroatoms. The van der Waals surface area contributed by atoms with Crippen molar-refractivity contribution in [1.82, 2.24) is 0 Å². The van der Waals surface area contributed by atoms with Crippen LogP contribution >= 0.6 is 0 Å². The average Bonchev–Trinajstić information content (AvgIpc) is 2.65. The monoisotopic (exact) mass is 280 g/mol. The van der Waals surface area contributed by atoms with Gasteiger partial charge in [0.05, 0.1) is 0 Å². The zero-order chi connectivity index (χ0) is 15.0. The van der Waals surface area contributed by atoms with Crippen molar-refractivity contribution < 1.29 is 9.47 Å². The van der Waals surface area contributed by atoms with Crippen molar-refractivity contribution in [1.29, 1.82) is 0 Å². The maximum absolute atomic E-state index is 5.55. The highest BCUT2D eigenvalue weighted by molar-refractivity contribution is 5.18. The van der Waals surface area contributed by atoms with E-state index in [9.17, 15) is 0 Å². The summed E-state index contributed by atoms with van der Waals surface area (Å²) in [7, 11) is 0. The predicted molar refractivity (Wildman–Crippen MR) is 85.7 cm³/mol. The van der Waals surface area contributed by atoms with Crippen molar-refractivity contribution in [3.05, 3.63) is 23.8 Å². The van der Waals surface area contributed by atoms with Crippen molar-refractivity contribution in [3.8, 4) is 0 Å². The van der Waals surface area contributed by atoms with Gasteiger partial charge in [0.15, 0.2) is 6.29 Å². The largest absolute Gasteiger partial charge is 0.353 e. The third-order valence-corrected chi connectivity index (χ3v) is 4.61. The molecule has 1 aliphatic rings. The van der Waals surface area contributed by atoms with Gasteiger partial charge >= 0.3 is 0 Å². The molecule has 1 unspecified atom stereocenters. The highest BCUT2D eigenvalue weighted by Crippen LogP contribution is 2.44. The molecule has 0 radical (unpaired) electrons. The molecule has 1 atom stereocenters. The first-order valence-electron chi connectivity index (χ1n) is 8.07. The Balaban J connectivity index is 2.25. The molecule has 0 N–H and O–H groups in total. The van der Waals surface area contributed by atoms with Crippen molar-refractivity contribution in [3.63, 3.8) is 0 Å². The zero-order valence-corrected chi connectivity index (χ0v) is 13.9. The van der Waals surface area contributed by atoms with E-state index in [1.807, 2.05) is 13.8 Å². The minimum atomic E-state index is -0.0403. The van der Waals surface area contributed by atoms with Gasteiger partial charge in [0.25, 0.3) is 0 Å². The Hall–Kier alpha value is -0.600. The summed E-state index contributed by atoms with van der Waals surface area (Å²) in [5, 5.41) is 0. The molecule has 0 spiro atoms. The van der Waals surface area contributed by atoms with Crippen LogP contribution in [0.4, 0.5) is 0 Å². The molecule has 0 aliphatic heterocycles. The fourth-order valence-electron chi connectivity index (χ4n) is 2.79. The Morgan fingerprint density at radius 2 is 1.90 bits per heavy atom. The van der Waals surface area contributed by atoms with Gasteiger partial charge in [-0.3, -0.25) is 0 Å². The van der Waals surface area contributed by atoms with Crippen LogP contribution in [0.25, 0.3) is 0 Å². The van der Waals surface area contributed by atoms with Crippen molar-refractivity contribution in [2.45, 2.75) is 66.6 Å². The fraction of sp³-hybridized carbons (Fsp3) is 0.778. The first kappa shape index (κ1) is 17.5. The van der Waals surface area contributed by atoms with E-state index < -0.39 is 0 Å². The lowest BCUT2D eigenvalue weighted by atomic mass is 9.76. The lowest BCUT2D eigenvalue weighted by Crippen LogP contribution is -2.19. The first-order valence-corrected chi connectivity index (χ1v) is 8.07. The van der Waals surface area contributed by atoms with Crippen molar-refractivity contribution >= 4 is 0 Å². The zero-order valence-electron chi connectivity index (χ0n) is 13.9. The number of rotatable bonds is 9. The SMILES string of the molecule is CCOC(CCC=CCC1CC=C(C)C1(C)C)OCC. The van der Waals surface area contributed by atoms with Gasteiger partial charge in [0.2, 0.25) is 0 Å². The van der Waals surface area contributed by atoms with E-state index in [1.165, 1.54) is 12.8 Å². The van der Waals surface area contributed by atoms with Crippen LogP contribution in [0.5, 0.6) is 0 Å². The molecule has 0 aromatic heterocycles. The molecule has 1 rings (SSSR count). The van der Waals surface area contributed by atoms with Crippen LogP contribution in [0.2, 0.25) is 0 Å². The second-order valence-corrected chi connectivity index (χ2v) is 6.17. The molecule has 0 bridgehead atoms. The van der Waals surface area contributed by atoms with E-state index in [2.05, 4.69) is 39.0 Å². The second kappa shape index (κ2) is 8.63. The molecule has 0 aromatic rings. The van der Waals surface area contributed by atoms with Gasteiger partial charge in [-0.05, 0) is 51.4 Å². The Kier molecular flexibility index (Phi) is 7.53. The molecule has 0 saturated carbocycles. The summed E-state index contributed by atoms with van der Waals surface area (Å²) in [6.07, 6.45) is 11.4. The van der Waals surface area contributed by atoms with E-state index in [0.717, 1.165) is 32.0 Å². The molecule has 0 aromatic carbocycles. The Morgan fingerprint density at radius 1 is 1.25 bits per heavy atom. The van der Waals surface area contributed by atoms with E-state index in [-0.39, 0.29) is 6.29 Å². The molecular formula is C18H32O2. The molecule has 116 valence electrons. The predicted octanol–water partition coefficient (Wildman–Crippen LogP) is 5.10. The topological polar surface area (TPSA) is 18.5 Å². The Morgan fingerprint density at radius 3 is 2.40 bits per heavy atom. The van der Waals surface area contributed by atoms with Crippen LogP contribution in [-0.2, 0) is 9.47 Å². The smallest absolute Gasteiger partial charge is 0.157 e. The maximum Gasteiger partial charge on any atom is 0.157 e. The van der Waals surface area contributed by atoms with Crippen LogP contribution in [0.1, 0.15) is 60.3 Å². The summed E-state index contributed by atoms with van der Waals surface area (Å²) in [5.41, 5.74) is 1.91. The van der Waals surface area contributed by atoms with Gasteiger partial charge in [-0.2, -0.15) is 0 Å². The first-order chi connectivity index (χ1) is 9.52. The van der Waals surface area contributed by atoms with E-state index >= 15 is 0 Å². The number of ether oxygens (including phenoxy) is 2. The van der Waals surface area contributed by atoms with Gasteiger partial charge < -0.3 is 9.47 Å². The van der Waals surface area contributed by atoms with Crippen LogP contribution < -0.4 is 0 Å². The summed E-state index contributed by atoms with van der Waals surface area (Å²) >= 11 is 0. The molecule has 0 amide bonds. The normalized spacial score (nSPS) is 21.9. The van der Waals surface area contributed by atoms with Crippen LogP contribution in [0, 0.1) is 11.3 Å². The van der Waals surface area contributed by atoms with Crippen LogP contribution in [0.3, 0.4) is 0 Å². The quantitative estimate of drug-likeness (QED) is 0.432. The summed E-state index contributed by atoms with van der Waals surface area (Å²) in [5.74, 6) is 0.758. The Labute approximate surface area is 125 Å². The number of hydrogen-bond donors (Lipinski definition) is 0. The molecule has 20 heavy (non-hydrogen) atoms. The third kappa shape index (κ3) is 5.06. The summed E-state index contributed by atoms with van der Waals surface area (Å²) in [4.78, 5) is 0. The van der Waals surface area contributed by atoms with Gasteiger partial charge in [0, 0.05) is 19.6 Å². The van der Waals surface area contributed by atoms with Crippen molar-refractivity contribution in [2.75, 3.05) is 13.2 Å². The summed E-state index contributed by atoms with van der Waals surface area (Å²) < 4.78 is 11.1. The van der Waals surface area contributed by atoms with E-state index in [0.29, 0.717) is 5.41 Å². The molecule has 0 heterocycles. The fourth-order valence-corrected chi connectivity index (χ4v) is 2.79. The lowest BCUT2D eigenvalue weighted by Gasteiger charge is -2.28. The number of hydrogen-bond acceptors (Lipinski definition) is 2. The Bertz CT molecular complexity index is 322. The highest BCUT2D eigenvalue weighted by Gasteiger charge is 2.33. The molecule has 2 nitrogen and oxygen atoms in total. The molecule has 0 saturated heterocycles. The minimum Gasteiger partial charge on any atom is -0.353 e. The highest BCUT2D eigenvalue weighted by atomic mass is 16.7. The van der Waals surface area contributed by atoms with Crippen LogP contribution in [0.15, 0.2) is 23.8 Å². The molecular weight excluding hydrogens is 248 g/mol. The van der Waals surface area contributed by atoms with Gasteiger partial charge in [-0.1, -0.05) is 37.6 Å². The van der Waals surface area contributed by atoms with Crippen LogP contribution in [-0.4, -0.2) is 19.5 Å². The lowest BCUT2D eigenvalue weighted by molar-refractivity contribution is -0.138. The van der Waals surface area contributed by atoms with E-state index in [1.54, 1.807) is 5.57 Å². The van der Waals surface area contributed by atoms with Gasteiger partial charge in [0.1, 0.15) is 0 Å². The summed E-state index contributed by atoms with van der Waals surface area (Å²) in [6, 6.07) is 0.